The molecule has 1 fully saturated rings. The van der Waals surface area contributed by atoms with E-state index in [4.69, 9.17) is 0 Å². The summed E-state index contributed by atoms with van der Waals surface area (Å²) in [7, 11) is 0. The second kappa shape index (κ2) is 9.70. The number of hydrogen-bond acceptors (Lipinski definition) is 2. The summed E-state index contributed by atoms with van der Waals surface area (Å²) >= 11 is 0. The van der Waals surface area contributed by atoms with Crippen LogP contribution in [0.5, 0.6) is 0 Å². The van der Waals surface area contributed by atoms with Gasteiger partial charge in [0.1, 0.15) is 0 Å². The zero-order chi connectivity index (χ0) is 19.1. The Kier molecular flexibility index (Phi) is 7.05. The standard InChI is InChI=1S/C24H32N2O/c1-19-8-10-21(11-9-19)7-4-14-25-24(27)23-12-15-26(16-13-23)18-22-6-3-5-20(2)17-22/h3,5-6,8-11,17,23H,4,7,12-16,18H2,1-2H3,(H,25,27). The zero-order valence-corrected chi connectivity index (χ0v) is 16.7. The van der Waals surface area contributed by atoms with Crippen LogP contribution in [0.3, 0.4) is 0 Å². The van der Waals surface area contributed by atoms with Gasteiger partial charge in [-0.3, -0.25) is 9.69 Å². The van der Waals surface area contributed by atoms with Crippen LogP contribution in [0.15, 0.2) is 48.5 Å². The molecular weight excluding hydrogens is 332 g/mol. The molecule has 3 rings (SSSR count). The van der Waals surface area contributed by atoms with Crippen molar-refractivity contribution in [3.8, 4) is 0 Å². The highest BCUT2D eigenvalue weighted by Crippen LogP contribution is 2.19. The lowest BCUT2D eigenvalue weighted by Gasteiger charge is -2.31. The lowest BCUT2D eigenvalue weighted by molar-refractivity contribution is -0.126. The van der Waals surface area contributed by atoms with Gasteiger partial charge in [-0.1, -0.05) is 59.7 Å². The van der Waals surface area contributed by atoms with E-state index in [1.54, 1.807) is 0 Å². The number of carbonyl (C=O) groups excluding carboxylic acids is 1. The van der Waals surface area contributed by atoms with Crippen molar-refractivity contribution in [3.63, 3.8) is 0 Å². The second-order valence-electron chi connectivity index (χ2n) is 7.92. The SMILES string of the molecule is Cc1ccc(CCCNC(=O)C2CCN(Cc3cccc(C)c3)CC2)cc1. The van der Waals surface area contributed by atoms with Crippen LogP contribution in [0.2, 0.25) is 0 Å². The Labute approximate surface area is 163 Å². The summed E-state index contributed by atoms with van der Waals surface area (Å²) in [6.45, 7) is 8.03. The molecule has 0 aliphatic carbocycles. The summed E-state index contributed by atoms with van der Waals surface area (Å²) < 4.78 is 0. The fraction of sp³-hybridized carbons (Fsp3) is 0.458. The summed E-state index contributed by atoms with van der Waals surface area (Å²) in [5.74, 6) is 0.423. The highest BCUT2D eigenvalue weighted by molar-refractivity contribution is 5.78. The molecule has 0 bridgehead atoms. The first-order chi connectivity index (χ1) is 13.1. The highest BCUT2D eigenvalue weighted by atomic mass is 16.1. The lowest BCUT2D eigenvalue weighted by atomic mass is 9.95. The Bertz CT molecular complexity index is 730. The van der Waals surface area contributed by atoms with Crippen molar-refractivity contribution in [3.05, 3.63) is 70.8 Å². The van der Waals surface area contributed by atoms with E-state index in [9.17, 15) is 4.79 Å². The van der Waals surface area contributed by atoms with Gasteiger partial charge < -0.3 is 5.32 Å². The Hall–Kier alpha value is -2.13. The molecule has 27 heavy (non-hydrogen) atoms. The van der Waals surface area contributed by atoms with E-state index in [0.29, 0.717) is 0 Å². The third kappa shape index (κ3) is 6.21. The summed E-state index contributed by atoms with van der Waals surface area (Å²) in [5.41, 5.74) is 5.32. The minimum absolute atomic E-state index is 0.179. The Morgan fingerprint density at radius 3 is 2.44 bits per heavy atom. The highest BCUT2D eigenvalue weighted by Gasteiger charge is 2.24. The quantitative estimate of drug-likeness (QED) is 0.745. The molecule has 2 aromatic carbocycles. The summed E-state index contributed by atoms with van der Waals surface area (Å²) in [6, 6.07) is 17.4. The van der Waals surface area contributed by atoms with Gasteiger partial charge in [0.05, 0.1) is 0 Å². The van der Waals surface area contributed by atoms with Crippen molar-refractivity contribution in [1.29, 1.82) is 0 Å². The van der Waals surface area contributed by atoms with Crippen LogP contribution in [-0.2, 0) is 17.8 Å². The van der Waals surface area contributed by atoms with Gasteiger partial charge in [0.25, 0.3) is 0 Å². The Balaban J connectivity index is 1.34. The van der Waals surface area contributed by atoms with E-state index in [2.05, 4.69) is 72.6 Å². The van der Waals surface area contributed by atoms with Crippen molar-refractivity contribution >= 4 is 5.91 Å². The first kappa shape index (κ1) is 19.6. The molecule has 144 valence electrons. The van der Waals surface area contributed by atoms with Crippen LogP contribution in [0, 0.1) is 19.8 Å². The van der Waals surface area contributed by atoms with Gasteiger partial charge in [0.15, 0.2) is 0 Å². The minimum atomic E-state index is 0.179. The number of amides is 1. The predicted octanol–water partition coefficient (Wildman–Crippen LogP) is 4.26. The predicted molar refractivity (Wildman–Crippen MR) is 112 cm³/mol. The van der Waals surface area contributed by atoms with Gasteiger partial charge in [-0.25, -0.2) is 0 Å². The van der Waals surface area contributed by atoms with Crippen molar-refractivity contribution in [1.82, 2.24) is 10.2 Å². The van der Waals surface area contributed by atoms with Crippen LogP contribution >= 0.6 is 0 Å². The van der Waals surface area contributed by atoms with Gasteiger partial charge in [-0.05, 0) is 63.7 Å². The van der Waals surface area contributed by atoms with Crippen LogP contribution < -0.4 is 5.32 Å². The van der Waals surface area contributed by atoms with Gasteiger partial charge in [-0.15, -0.1) is 0 Å². The fourth-order valence-electron chi connectivity index (χ4n) is 3.83. The largest absolute Gasteiger partial charge is 0.356 e. The molecule has 0 unspecified atom stereocenters. The number of carbonyl (C=O) groups is 1. The summed E-state index contributed by atoms with van der Waals surface area (Å²) in [6.07, 6.45) is 3.96. The molecule has 0 aromatic heterocycles. The van der Waals surface area contributed by atoms with E-state index in [-0.39, 0.29) is 11.8 Å². The van der Waals surface area contributed by atoms with E-state index in [0.717, 1.165) is 51.9 Å². The Morgan fingerprint density at radius 1 is 1.00 bits per heavy atom. The van der Waals surface area contributed by atoms with Crippen molar-refractivity contribution in [2.45, 2.75) is 46.1 Å². The normalized spacial score (nSPS) is 15.6. The van der Waals surface area contributed by atoms with Gasteiger partial charge in [-0.2, -0.15) is 0 Å². The number of nitrogens with one attached hydrogen (secondary N) is 1. The molecule has 0 atom stereocenters. The maximum Gasteiger partial charge on any atom is 0.223 e. The first-order valence-electron chi connectivity index (χ1n) is 10.2. The molecule has 0 radical (unpaired) electrons. The first-order valence-corrected chi connectivity index (χ1v) is 10.2. The summed E-state index contributed by atoms with van der Waals surface area (Å²) in [5, 5.41) is 3.15. The maximum atomic E-state index is 12.4. The monoisotopic (exact) mass is 364 g/mol. The number of benzene rings is 2. The molecule has 1 saturated heterocycles. The van der Waals surface area contributed by atoms with Crippen LogP contribution in [0.1, 0.15) is 41.5 Å². The number of aryl methyl sites for hydroxylation is 3. The van der Waals surface area contributed by atoms with E-state index in [1.807, 2.05) is 0 Å². The number of likely N-dealkylation sites (tertiary alicyclic amines) is 1. The third-order valence-electron chi connectivity index (χ3n) is 5.51. The van der Waals surface area contributed by atoms with Crippen molar-refractivity contribution in [2.24, 2.45) is 5.92 Å². The van der Waals surface area contributed by atoms with Crippen LogP contribution in [0.4, 0.5) is 0 Å². The topological polar surface area (TPSA) is 32.3 Å². The molecule has 1 N–H and O–H groups in total. The number of piperidine rings is 1. The molecule has 2 aromatic rings. The Morgan fingerprint density at radius 2 is 1.74 bits per heavy atom. The molecule has 0 saturated carbocycles. The van der Waals surface area contributed by atoms with Crippen LogP contribution in [-0.4, -0.2) is 30.4 Å². The van der Waals surface area contributed by atoms with E-state index >= 15 is 0 Å². The number of hydrogen-bond donors (Lipinski definition) is 1. The molecule has 3 nitrogen and oxygen atoms in total. The van der Waals surface area contributed by atoms with Crippen molar-refractivity contribution in [2.75, 3.05) is 19.6 Å². The molecule has 1 amide bonds. The van der Waals surface area contributed by atoms with Gasteiger partial charge in [0.2, 0.25) is 5.91 Å². The molecule has 3 heteroatoms. The molecular formula is C24H32N2O. The zero-order valence-electron chi connectivity index (χ0n) is 16.7. The molecule has 1 heterocycles. The van der Waals surface area contributed by atoms with E-state index in [1.165, 1.54) is 22.3 Å². The summed E-state index contributed by atoms with van der Waals surface area (Å²) in [4.78, 5) is 14.9. The number of nitrogens with zero attached hydrogens (tertiary/aromatic N) is 1. The van der Waals surface area contributed by atoms with Gasteiger partial charge >= 0.3 is 0 Å². The van der Waals surface area contributed by atoms with Crippen molar-refractivity contribution < 1.29 is 4.79 Å². The maximum absolute atomic E-state index is 12.4. The third-order valence-corrected chi connectivity index (χ3v) is 5.51. The number of rotatable bonds is 7. The second-order valence-corrected chi connectivity index (χ2v) is 7.92. The minimum Gasteiger partial charge on any atom is -0.356 e. The molecule has 1 aliphatic heterocycles. The molecule has 1 aliphatic rings. The van der Waals surface area contributed by atoms with Crippen LogP contribution in [0.25, 0.3) is 0 Å². The lowest BCUT2D eigenvalue weighted by Crippen LogP contribution is -2.40. The fourth-order valence-corrected chi connectivity index (χ4v) is 3.83. The average Bonchev–Trinajstić information content (AvgIpc) is 2.67. The smallest absolute Gasteiger partial charge is 0.223 e. The average molecular weight is 365 g/mol. The van der Waals surface area contributed by atoms with E-state index < -0.39 is 0 Å². The van der Waals surface area contributed by atoms with Gasteiger partial charge in [0, 0.05) is 19.0 Å². The molecule has 0 spiro atoms.